The Balaban J connectivity index is 2.03. The molecule has 1 heterocycles. The lowest BCUT2D eigenvalue weighted by atomic mass is 10.3. The molecule has 17 heavy (non-hydrogen) atoms. The summed E-state index contributed by atoms with van der Waals surface area (Å²) in [7, 11) is 0. The summed E-state index contributed by atoms with van der Waals surface area (Å²) in [6.07, 6.45) is 0. The molecule has 4 nitrogen and oxygen atoms in total. The third kappa shape index (κ3) is 3.10. The summed E-state index contributed by atoms with van der Waals surface area (Å²) in [6, 6.07) is 7.86. The molecule has 2 rings (SSSR count). The molecule has 1 aromatic heterocycles. The normalized spacial score (nSPS) is 10.2. The van der Waals surface area contributed by atoms with Crippen LogP contribution in [0.25, 0.3) is 0 Å². The number of hydrogen-bond donors (Lipinski definition) is 2. The largest absolute Gasteiger partial charge is 0.492 e. The predicted octanol–water partition coefficient (Wildman–Crippen LogP) is 2.74. The van der Waals surface area contributed by atoms with Gasteiger partial charge in [-0.05, 0) is 19.1 Å². The molecule has 0 amide bonds. The number of nitrogens with two attached hydrogens (primary N) is 1. The fourth-order valence-electron chi connectivity index (χ4n) is 1.48. The lowest BCUT2D eigenvalue weighted by molar-refractivity contribution is 0.341. The van der Waals surface area contributed by atoms with E-state index in [1.54, 1.807) is 0 Å². The van der Waals surface area contributed by atoms with Crippen molar-refractivity contribution in [2.24, 2.45) is 0 Å². The summed E-state index contributed by atoms with van der Waals surface area (Å²) in [6.45, 7) is 3.28. The number of hydrogen-bond acceptors (Lipinski definition) is 5. The summed E-state index contributed by atoms with van der Waals surface area (Å²) in [5, 5.41) is 5.84. The number of thiazole rings is 1. The molecular formula is C12H15N3OS. The summed E-state index contributed by atoms with van der Waals surface area (Å²) < 4.78 is 5.53. The number of nitrogen functional groups attached to an aromatic ring is 1. The SMILES string of the molecule is CCOc1ccccc1NCc1csc(N)n1. The van der Waals surface area contributed by atoms with Crippen LogP contribution in [0.1, 0.15) is 12.6 Å². The zero-order chi connectivity index (χ0) is 12.1. The van der Waals surface area contributed by atoms with Crippen molar-refractivity contribution >= 4 is 22.2 Å². The smallest absolute Gasteiger partial charge is 0.180 e. The number of benzene rings is 1. The van der Waals surface area contributed by atoms with Crippen LogP contribution < -0.4 is 15.8 Å². The topological polar surface area (TPSA) is 60.2 Å². The van der Waals surface area contributed by atoms with E-state index in [4.69, 9.17) is 10.5 Å². The minimum atomic E-state index is 0.597. The van der Waals surface area contributed by atoms with Gasteiger partial charge in [0.1, 0.15) is 5.75 Å². The van der Waals surface area contributed by atoms with E-state index in [0.717, 1.165) is 17.1 Å². The van der Waals surface area contributed by atoms with Gasteiger partial charge in [0.15, 0.2) is 5.13 Å². The van der Waals surface area contributed by atoms with Crippen LogP contribution in [0.2, 0.25) is 0 Å². The summed E-state index contributed by atoms with van der Waals surface area (Å²) in [5.41, 5.74) is 7.50. The summed E-state index contributed by atoms with van der Waals surface area (Å²) in [5.74, 6) is 0.859. The third-order valence-corrected chi connectivity index (χ3v) is 2.94. The summed E-state index contributed by atoms with van der Waals surface area (Å²) in [4.78, 5) is 4.19. The Morgan fingerprint density at radius 3 is 2.94 bits per heavy atom. The number of nitrogens with zero attached hydrogens (tertiary/aromatic N) is 1. The molecule has 3 N–H and O–H groups in total. The quantitative estimate of drug-likeness (QED) is 0.855. The van der Waals surface area contributed by atoms with Gasteiger partial charge < -0.3 is 15.8 Å². The highest BCUT2D eigenvalue weighted by atomic mass is 32.1. The highest BCUT2D eigenvalue weighted by molar-refractivity contribution is 7.13. The van der Waals surface area contributed by atoms with Crippen LogP contribution in [0.5, 0.6) is 5.75 Å². The van der Waals surface area contributed by atoms with Crippen molar-refractivity contribution in [1.82, 2.24) is 4.98 Å². The molecule has 2 aromatic rings. The molecule has 0 radical (unpaired) electrons. The average Bonchev–Trinajstić information content (AvgIpc) is 2.74. The molecule has 5 heteroatoms. The minimum absolute atomic E-state index is 0.597. The van der Waals surface area contributed by atoms with Gasteiger partial charge in [-0.25, -0.2) is 4.98 Å². The van der Waals surface area contributed by atoms with Crippen molar-refractivity contribution in [3.8, 4) is 5.75 Å². The maximum Gasteiger partial charge on any atom is 0.180 e. The Morgan fingerprint density at radius 2 is 2.24 bits per heavy atom. The average molecular weight is 249 g/mol. The van der Waals surface area contributed by atoms with Crippen molar-refractivity contribution in [2.75, 3.05) is 17.7 Å². The van der Waals surface area contributed by atoms with Gasteiger partial charge in [0, 0.05) is 5.38 Å². The van der Waals surface area contributed by atoms with E-state index in [1.807, 2.05) is 36.6 Å². The molecule has 90 valence electrons. The second-order valence-corrected chi connectivity index (χ2v) is 4.35. The van der Waals surface area contributed by atoms with E-state index < -0.39 is 0 Å². The molecule has 0 unspecified atom stereocenters. The van der Waals surface area contributed by atoms with Gasteiger partial charge in [0.2, 0.25) is 0 Å². The molecule has 0 atom stereocenters. The maximum atomic E-state index is 5.58. The van der Waals surface area contributed by atoms with E-state index in [0.29, 0.717) is 18.3 Å². The second kappa shape index (κ2) is 5.54. The lowest BCUT2D eigenvalue weighted by Crippen LogP contribution is -2.03. The first kappa shape index (κ1) is 11.7. The van der Waals surface area contributed by atoms with Gasteiger partial charge in [-0.1, -0.05) is 12.1 Å². The van der Waals surface area contributed by atoms with Gasteiger partial charge in [0.05, 0.1) is 24.5 Å². The number of anilines is 2. The van der Waals surface area contributed by atoms with Crippen LogP contribution in [0, 0.1) is 0 Å². The zero-order valence-corrected chi connectivity index (χ0v) is 10.5. The number of rotatable bonds is 5. The first-order valence-corrected chi connectivity index (χ1v) is 6.33. The van der Waals surface area contributed by atoms with E-state index in [-0.39, 0.29) is 0 Å². The molecule has 0 aliphatic carbocycles. The lowest BCUT2D eigenvalue weighted by Gasteiger charge is -2.10. The van der Waals surface area contributed by atoms with E-state index in [2.05, 4.69) is 10.3 Å². The van der Waals surface area contributed by atoms with Crippen LogP contribution in [0.15, 0.2) is 29.6 Å². The van der Waals surface area contributed by atoms with Crippen LogP contribution in [0.4, 0.5) is 10.8 Å². The highest BCUT2D eigenvalue weighted by Gasteiger charge is 2.03. The van der Waals surface area contributed by atoms with E-state index in [9.17, 15) is 0 Å². The van der Waals surface area contributed by atoms with Crippen molar-refractivity contribution in [1.29, 1.82) is 0 Å². The number of nitrogens with one attached hydrogen (secondary N) is 1. The summed E-state index contributed by atoms with van der Waals surface area (Å²) >= 11 is 1.45. The highest BCUT2D eigenvalue weighted by Crippen LogP contribution is 2.24. The van der Waals surface area contributed by atoms with Gasteiger partial charge in [-0.15, -0.1) is 11.3 Å². The molecule has 1 aromatic carbocycles. The molecule has 0 saturated heterocycles. The van der Waals surface area contributed by atoms with Crippen molar-refractivity contribution in [2.45, 2.75) is 13.5 Å². The molecular weight excluding hydrogens is 234 g/mol. The first-order valence-electron chi connectivity index (χ1n) is 5.45. The van der Waals surface area contributed by atoms with E-state index in [1.165, 1.54) is 11.3 Å². The standard InChI is InChI=1S/C12H15N3OS/c1-2-16-11-6-4-3-5-10(11)14-7-9-8-17-12(13)15-9/h3-6,8,14H,2,7H2,1H3,(H2,13,15). The zero-order valence-electron chi connectivity index (χ0n) is 9.64. The van der Waals surface area contributed by atoms with Crippen LogP contribution in [-0.2, 0) is 6.54 Å². The molecule has 0 aliphatic rings. The maximum absolute atomic E-state index is 5.58. The minimum Gasteiger partial charge on any atom is -0.492 e. The molecule has 0 saturated carbocycles. The van der Waals surface area contributed by atoms with Crippen LogP contribution in [-0.4, -0.2) is 11.6 Å². The predicted molar refractivity (Wildman–Crippen MR) is 71.5 cm³/mol. The molecule has 0 fully saturated rings. The van der Waals surface area contributed by atoms with Crippen LogP contribution in [0.3, 0.4) is 0 Å². The monoisotopic (exact) mass is 249 g/mol. The molecule has 0 bridgehead atoms. The second-order valence-electron chi connectivity index (χ2n) is 3.46. The van der Waals surface area contributed by atoms with Crippen molar-refractivity contribution < 1.29 is 4.74 Å². The molecule has 0 aliphatic heterocycles. The van der Waals surface area contributed by atoms with E-state index >= 15 is 0 Å². The van der Waals surface area contributed by atoms with Crippen molar-refractivity contribution in [3.05, 3.63) is 35.3 Å². The fraction of sp³-hybridized carbons (Fsp3) is 0.250. The number of para-hydroxylation sites is 2. The molecule has 0 spiro atoms. The van der Waals surface area contributed by atoms with Gasteiger partial charge in [0.25, 0.3) is 0 Å². The fourth-order valence-corrected chi connectivity index (χ4v) is 2.05. The van der Waals surface area contributed by atoms with Gasteiger partial charge in [-0.2, -0.15) is 0 Å². The Morgan fingerprint density at radius 1 is 1.41 bits per heavy atom. The Labute approximate surface area is 104 Å². The van der Waals surface area contributed by atoms with Gasteiger partial charge >= 0.3 is 0 Å². The Kier molecular flexibility index (Phi) is 3.82. The Bertz CT molecular complexity index is 484. The number of aromatic nitrogens is 1. The first-order chi connectivity index (χ1) is 8.29. The van der Waals surface area contributed by atoms with Crippen LogP contribution >= 0.6 is 11.3 Å². The third-order valence-electron chi connectivity index (χ3n) is 2.22. The van der Waals surface area contributed by atoms with Gasteiger partial charge in [-0.3, -0.25) is 0 Å². The number of ether oxygens (including phenoxy) is 1. The van der Waals surface area contributed by atoms with Crippen molar-refractivity contribution in [3.63, 3.8) is 0 Å². The Hall–Kier alpha value is -1.75.